The number of nitrogens with zero attached hydrogens (tertiary/aromatic N) is 1. The maximum absolute atomic E-state index is 12.8. The van der Waals surface area contributed by atoms with Crippen molar-refractivity contribution in [3.05, 3.63) is 59.9 Å². The predicted molar refractivity (Wildman–Crippen MR) is 89.8 cm³/mol. The number of primary sulfonamides is 1. The van der Waals surface area contributed by atoms with E-state index in [4.69, 9.17) is 5.14 Å². The van der Waals surface area contributed by atoms with Gasteiger partial charge in [0.15, 0.2) is 0 Å². The second-order valence-electron chi connectivity index (χ2n) is 5.29. The van der Waals surface area contributed by atoms with E-state index in [0.29, 0.717) is 5.69 Å². The van der Waals surface area contributed by atoms with Crippen LogP contribution in [0, 0.1) is 5.82 Å². The fourth-order valence-corrected chi connectivity index (χ4v) is 2.61. The van der Waals surface area contributed by atoms with Crippen LogP contribution in [0.5, 0.6) is 0 Å². The van der Waals surface area contributed by atoms with Gasteiger partial charge in [-0.2, -0.15) is 0 Å². The smallest absolute Gasteiger partial charge is 0.254 e. The Morgan fingerprint density at radius 2 is 1.80 bits per heavy atom. The van der Waals surface area contributed by atoms with Crippen LogP contribution in [0.25, 0.3) is 0 Å². The molecule has 2 amide bonds. The first-order valence-corrected chi connectivity index (χ1v) is 8.65. The zero-order valence-electron chi connectivity index (χ0n) is 13.3. The summed E-state index contributed by atoms with van der Waals surface area (Å²) in [6.07, 6.45) is 0. The Labute approximate surface area is 144 Å². The minimum Gasteiger partial charge on any atom is -0.332 e. The molecule has 9 heteroatoms. The highest BCUT2D eigenvalue weighted by Gasteiger charge is 2.17. The summed E-state index contributed by atoms with van der Waals surface area (Å²) in [6, 6.07) is 10.4. The van der Waals surface area contributed by atoms with Crippen molar-refractivity contribution in [3.63, 3.8) is 0 Å². The molecular weight excluding hydrogens is 349 g/mol. The normalized spacial score (nSPS) is 11.0. The van der Waals surface area contributed by atoms with E-state index in [1.807, 2.05) is 0 Å². The summed E-state index contributed by atoms with van der Waals surface area (Å²) < 4.78 is 35.5. The van der Waals surface area contributed by atoms with E-state index in [1.165, 1.54) is 49.5 Å². The number of carbonyl (C=O) groups is 2. The van der Waals surface area contributed by atoms with E-state index in [-0.39, 0.29) is 17.0 Å². The van der Waals surface area contributed by atoms with Crippen molar-refractivity contribution >= 4 is 27.5 Å². The fourth-order valence-electron chi connectivity index (χ4n) is 2.05. The highest BCUT2D eigenvalue weighted by Crippen LogP contribution is 2.12. The number of amides is 2. The van der Waals surface area contributed by atoms with Crippen LogP contribution >= 0.6 is 0 Å². The minimum absolute atomic E-state index is 0.0867. The summed E-state index contributed by atoms with van der Waals surface area (Å²) in [4.78, 5) is 25.2. The van der Waals surface area contributed by atoms with Gasteiger partial charge in [-0.05, 0) is 42.5 Å². The molecule has 0 aliphatic carbocycles. The molecular formula is C16H16FN3O4S. The number of anilines is 1. The molecule has 0 aliphatic rings. The number of nitrogens with one attached hydrogen (secondary N) is 1. The van der Waals surface area contributed by atoms with Gasteiger partial charge in [0, 0.05) is 18.3 Å². The Morgan fingerprint density at radius 1 is 1.16 bits per heavy atom. The maximum Gasteiger partial charge on any atom is 0.254 e. The molecule has 2 aromatic carbocycles. The van der Waals surface area contributed by atoms with Crippen molar-refractivity contribution in [3.8, 4) is 0 Å². The van der Waals surface area contributed by atoms with Gasteiger partial charge in [-0.25, -0.2) is 17.9 Å². The number of sulfonamides is 1. The lowest BCUT2D eigenvalue weighted by Crippen LogP contribution is -2.35. The zero-order chi connectivity index (χ0) is 18.6. The first kappa shape index (κ1) is 18.6. The molecule has 0 aliphatic heterocycles. The molecule has 25 heavy (non-hydrogen) atoms. The third-order valence-corrected chi connectivity index (χ3v) is 4.18. The molecule has 132 valence electrons. The van der Waals surface area contributed by atoms with Crippen LogP contribution in [0.1, 0.15) is 10.4 Å². The van der Waals surface area contributed by atoms with Crippen LogP contribution in [0.2, 0.25) is 0 Å². The highest BCUT2D eigenvalue weighted by molar-refractivity contribution is 7.89. The molecule has 0 saturated heterocycles. The minimum atomic E-state index is -3.93. The molecule has 0 saturated carbocycles. The van der Waals surface area contributed by atoms with Gasteiger partial charge in [-0.3, -0.25) is 9.59 Å². The maximum atomic E-state index is 12.8. The van der Waals surface area contributed by atoms with E-state index < -0.39 is 27.7 Å². The SMILES string of the molecule is CN(CC(=O)Nc1ccc(F)cc1)C(=O)c1cccc(S(N)(=O)=O)c1. The van der Waals surface area contributed by atoms with Crippen LogP contribution in [0.15, 0.2) is 53.4 Å². The average Bonchev–Trinajstić information content (AvgIpc) is 2.55. The average molecular weight is 365 g/mol. The standard InChI is InChI=1S/C16H16FN3O4S/c1-20(10-15(21)19-13-7-5-12(17)6-8-13)16(22)11-3-2-4-14(9-11)25(18,23)24/h2-9H,10H2,1H3,(H,19,21)(H2,18,23,24). The van der Waals surface area contributed by atoms with Crippen LogP contribution in [0.3, 0.4) is 0 Å². The first-order valence-electron chi connectivity index (χ1n) is 7.10. The van der Waals surface area contributed by atoms with Gasteiger partial charge in [0.2, 0.25) is 15.9 Å². The number of carbonyl (C=O) groups excluding carboxylic acids is 2. The van der Waals surface area contributed by atoms with Crippen molar-refractivity contribution in [2.75, 3.05) is 18.9 Å². The highest BCUT2D eigenvalue weighted by atomic mass is 32.2. The van der Waals surface area contributed by atoms with Crippen LogP contribution in [0.4, 0.5) is 10.1 Å². The summed E-state index contributed by atoms with van der Waals surface area (Å²) in [6.45, 7) is -0.268. The molecule has 0 unspecified atom stereocenters. The van der Waals surface area contributed by atoms with E-state index in [0.717, 1.165) is 11.0 Å². The Morgan fingerprint density at radius 3 is 2.40 bits per heavy atom. The van der Waals surface area contributed by atoms with E-state index in [9.17, 15) is 22.4 Å². The van der Waals surface area contributed by atoms with Gasteiger partial charge in [0.05, 0.1) is 11.4 Å². The number of benzene rings is 2. The Kier molecular flexibility index (Phi) is 5.50. The summed E-state index contributed by atoms with van der Waals surface area (Å²) in [5, 5.41) is 7.56. The molecule has 3 N–H and O–H groups in total. The Hall–Kier alpha value is -2.78. The monoisotopic (exact) mass is 365 g/mol. The predicted octanol–water partition coefficient (Wildman–Crippen LogP) is 1.18. The van der Waals surface area contributed by atoms with E-state index >= 15 is 0 Å². The van der Waals surface area contributed by atoms with Crippen LogP contribution in [-0.2, 0) is 14.8 Å². The number of nitrogens with two attached hydrogens (primary N) is 1. The van der Waals surface area contributed by atoms with E-state index in [2.05, 4.69) is 5.32 Å². The number of hydrogen-bond acceptors (Lipinski definition) is 4. The molecule has 7 nitrogen and oxygen atoms in total. The van der Waals surface area contributed by atoms with Gasteiger partial charge in [-0.15, -0.1) is 0 Å². The van der Waals surface area contributed by atoms with Gasteiger partial charge in [0.1, 0.15) is 5.82 Å². The molecule has 2 aromatic rings. The van der Waals surface area contributed by atoms with Gasteiger partial charge in [-0.1, -0.05) is 6.07 Å². The summed E-state index contributed by atoms with van der Waals surface area (Å²) in [5.74, 6) is -1.45. The number of rotatable bonds is 5. The molecule has 0 aromatic heterocycles. The zero-order valence-corrected chi connectivity index (χ0v) is 14.1. The third kappa shape index (κ3) is 5.10. The second-order valence-corrected chi connectivity index (χ2v) is 6.85. The van der Waals surface area contributed by atoms with Crippen molar-refractivity contribution in [1.29, 1.82) is 0 Å². The number of halogens is 1. The summed E-state index contributed by atoms with van der Waals surface area (Å²) in [7, 11) is -2.53. The van der Waals surface area contributed by atoms with Crippen molar-refractivity contribution < 1.29 is 22.4 Å². The lowest BCUT2D eigenvalue weighted by Gasteiger charge is -2.17. The second kappa shape index (κ2) is 7.41. The van der Waals surface area contributed by atoms with Gasteiger partial charge < -0.3 is 10.2 Å². The third-order valence-electron chi connectivity index (χ3n) is 3.26. The summed E-state index contributed by atoms with van der Waals surface area (Å²) in [5.41, 5.74) is 0.479. The van der Waals surface area contributed by atoms with Gasteiger partial charge in [0.25, 0.3) is 5.91 Å². The summed E-state index contributed by atoms with van der Waals surface area (Å²) >= 11 is 0. The molecule has 0 bridgehead atoms. The molecule has 0 atom stereocenters. The Bertz CT molecular complexity index is 898. The number of likely N-dealkylation sites (N-methyl/N-ethyl adjacent to an activating group) is 1. The van der Waals surface area contributed by atoms with Crippen molar-refractivity contribution in [2.45, 2.75) is 4.90 Å². The van der Waals surface area contributed by atoms with Crippen LogP contribution < -0.4 is 10.5 Å². The molecule has 0 fully saturated rings. The fraction of sp³-hybridized carbons (Fsp3) is 0.125. The van der Waals surface area contributed by atoms with Gasteiger partial charge >= 0.3 is 0 Å². The Balaban J connectivity index is 2.05. The lowest BCUT2D eigenvalue weighted by molar-refractivity contribution is -0.116. The van der Waals surface area contributed by atoms with Crippen molar-refractivity contribution in [1.82, 2.24) is 4.90 Å². The van der Waals surface area contributed by atoms with Crippen LogP contribution in [-0.4, -0.2) is 38.7 Å². The lowest BCUT2D eigenvalue weighted by atomic mass is 10.2. The molecule has 2 rings (SSSR count). The molecule has 0 radical (unpaired) electrons. The largest absolute Gasteiger partial charge is 0.332 e. The first-order chi connectivity index (χ1) is 11.7. The molecule has 0 spiro atoms. The number of hydrogen-bond donors (Lipinski definition) is 2. The van der Waals surface area contributed by atoms with E-state index in [1.54, 1.807) is 0 Å². The quantitative estimate of drug-likeness (QED) is 0.829. The van der Waals surface area contributed by atoms with Crippen molar-refractivity contribution in [2.24, 2.45) is 5.14 Å². The molecule has 0 heterocycles. The topological polar surface area (TPSA) is 110 Å².